The maximum Gasteiger partial charge on any atom is 0.146 e. The number of nitrogens with two attached hydrogens (primary N) is 1. The van der Waals surface area contributed by atoms with Crippen molar-refractivity contribution in [1.82, 2.24) is 0 Å². The van der Waals surface area contributed by atoms with Crippen LogP contribution < -0.4 is 5.73 Å². The van der Waals surface area contributed by atoms with E-state index in [1.54, 1.807) is 18.6 Å². The molecule has 0 heterocycles. The third-order valence-electron chi connectivity index (χ3n) is 1.62. The molecule has 2 N–H and O–H groups in total. The van der Waals surface area contributed by atoms with Crippen LogP contribution in [0.25, 0.3) is 0 Å². The first-order chi connectivity index (χ1) is 6.38. The standard InChI is InChI=1S/C9H13FN2OS/c1-14(2,13)12-6-7-3-4-9(11)8(10)5-7/h3-5H,6,11H2,1-2H3. The highest BCUT2D eigenvalue weighted by molar-refractivity contribution is 7.92. The highest BCUT2D eigenvalue weighted by atomic mass is 32.2. The minimum absolute atomic E-state index is 0.113. The lowest BCUT2D eigenvalue weighted by Crippen LogP contribution is -1.95. The van der Waals surface area contributed by atoms with Crippen LogP contribution in [0.2, 0.25) is 0 Å². The molecule has 0 aliphatic rings. The molecule has 0 spiro atoms. The fraction of sp³-hybridized carbons (Fsp3) is 0.333. The summed E-state index contributed by atoms with van der Waals surface area (Å²) in [6.45, 7) is 0.253. The van der Waals surface area contributed by atoms with Crippen LogP contribution in [0.15, 0.2) is 22.6 Å². The van der Waals surface area contributed by atoms with Gasteiger partial charge in [-0.2, -0.15) is 0 Å². The van der Waals surface area contributed by atoms with Crippen LogP contribution >= 0.6 is 0 Å². The molecular weight excluding hydrogens is 203 g/mol. The van der Waals surface area contributed by atoms with E-state index >= 15 is 0 Å². The third-order valence-corrected chi connectivity index (χ3v) is 2.37. The summed E-state index contributed by atoms with van der Waals surface area (Å²) in [5.41, 5.74) is 6.10. The maximum absolute atomic E-state index is 13.0. The minimum Gasteiger partial charge on any atom is -0.396 e. The van der Waals surface area contributed by atoms with E-state index in [4.69, 9.17) is 5.73 Å². The van der Waals surface area contributed by atoms with Crippen molar-refractivity contribution in [3.8, 4) is 0 Å². The molecule has 0 saturated carbocycles. The van der Waals surface area contributed by atoms with E-state index in [1.807, 2.05) is 0 Å². The van der Waals surface area contributed by atoms with Gasteiger partial charge in [0.05, 0.1) is 12.2 Å². The molecule has 0 aliphatic carbocycles. The molecule has 0 unspecified atom stereocenters. The third kappa shape index (κ3) is 3.33. The quantitative estimate of drug-likeness (QED) is 0.764. The summed E-state index contributed by atoms with van der Waals surface area (Å²) in [5.74, 6) is -0.462. The number of hydrogen-bond acceptors (Lipinski definition) is 3. The summed E-state index contributed by atoms with van der Waals surface area (Å²) >= 11 is 0. The molecule has 0 fully saturated rings. The van der Waals surface area contributed by atoms with E-state index < -0.39 is 15.5 Å². The lowest BCUT2D eigenvalue weighted by Gasteiger charge is -2.00. The Hall–Kier alpha value is -1.10. The highest BCUT2D eigenvalue weighted by Gasteiger charge is 1.99. The molecule has 1 rings (SSSR count). The lowest BCUT2D eigenvalue weighted by molar-refractivity contribution is 0.630. The Balaban J connectivity index is 2.90. The molecule has 0 atom stereocenters. The van der Waals surface area contributed by atoms with Gasteiger partial charge in [-0.3, -0.25) is 4.21 Å². The molecule has 0 radical (unpaired) electrons. The summed E-state index contributed by atoms with van der Waals surface area (Å²) < 4.78 is 28.1. The molecule has 78 valence electrons. The SMILES string of the molecule is CS(C)(=O)=NCc1ccc(N)c(F)c1. The number of rotatable bonds is 2. The first kappa shape index (κ1) is 11.0. The second-order valence-corrected chi connectivity index (χ2v) is 5.95. The number of anilines is 1. The van der Waals surface area contributed by atoms with Crippen LogP contribution in [0, 0.1) is 5.82 Å². The number of nitrogen functional groups attached to an aromatic ring is 1. The van der Waals surface area contributed by atoms with Gasteiger partial charge in [0.15, 0.2) is 0 Å². The van der Waals surface area contributed by atoms with E-state index in [9.17, 15) is 8.60 Å². The smallest absolute Gasteiger partial charge is 0.146 e. The Morgan fingerprint density at radius 3 is 2.64 bits per heavy atom. The number of hydrogen-bond donors (Lipinski definition) is 1. The zero-order chi connectivity index (χ0) is 10.8. The predicted octanol–water partition coefficient (Wildman–Crippen LogP) is 1.64. The normalized spacial score (nSPS) is 11.4. The van der Waals surface area contributed by atoms with Gasteiger partial charge in [0.25, 0.3) is 0 Å². The largest absolute Gasteiger partial charge is 0.396 e. The van der Waals surface area contributed by atoms with Crippen LogP contribution in [0.5, 0.6) is 0 Å². The van der Waals surface area contributed by atoms with Crippen LogP contribution in [0.1, 0.15) is 5.56 Å². The van der Waals surface area contributed by atoms with Gasteiger partial charge in [0.1, 0.15) is 5.82 Å². The first-order valence-electron chi connectivity index (χ1n) is 4.05. The highest BCUT2D eigenvalue weighted by Crippen LogP contribution is 2.12. The van der Waals surface area contributed by atoms with Gasteiger partial charge in [-0.1, -0.05) is 6.07 Å². The van der Waals surface area contributed by atoms with Crippen molar-refractivity contribution in [3.05, 3.63) is 29.6 Å². The van der Waals surface area contributed by atoms with Gasteiger partial charge in [0.2, 0.25) is 0 Å². The molecule has 0 aromatic heterocycles. The van der Waals surface area contributed by atoms with Crippen molar-refractivity contribution < 1.29 is 8.60 Å². The first-order valence-corrected chi connectivity index (χ1v) is 6.38. The fourth-order valence-corrected chi connectivity index (χ4v) is 1.36. The zero-order valence-electron chi connectivity index (χ0n) is 8.16. The summed E-state index contributed by atoms with van der Waals surface area (Å²) in [6.07, 6.45) is 3.08. The van der Waals surface area contributed by atoms with Gasteiger partial charge in [-0.25, -0.2) is 8.75 Å². The van der Waals surface area contributed by atoms with Crippen molar-refractivity contribution in [2.75, 3.05) is 18.2 Å². The summed E-state index contributed by atoms with van der Waals surface area (Å²) in [4.78, 5) is 0. The molecular formula is C9H13FN2OS. The number of benzene rings is 1. The number of halogens is 1. The van der Waals surface area contributed by atoms with E-state index in [2.05, 4.69) is 4.36 Å². The van der Waals surface area contributed by atoms with Gasteiger partial charge in [-0.15, -0.1) is 0 Å². The lowest BCUT2D eigenvalue weighted by atomic mass is 10.2. The maximum atomic E-state index is 13.0. The van der Waals surface area contributed by atoms with Gasteiger partial charge in [-0.05, 0) is 17.7 Å². The van der Waals surface area contributed by atoms with Crippen molar-refractivity contribution >= 4 is 15.4 Å². The average molecular weight is 216 g/mol. The Bertz CT molecular complexity index is 442. The molecule has 0 bridgehead atoms. The Morgan fingerprint density at radius 1 is 1.50 bits per heavy atom. The van der Waals surface area contributed by atoms with Crippen molar-refractivity contribution in [3.63, 3.8) is 0 Å². The molecule has 3 nitrogen and oxygen atoms in total. The van der Waals surface area contributed by atoms with Crippen LogP contribution in [-0.4, -0.2) is 16.7 Å². The van der Waals surface area contributed by atoms with Crippen LogP contribution in [0.3, 0.4) is 0 Å². The average Bonchev–Trinajstić information content (AvgIpc) is 2.06. The topological polar surface area (TPSA) is 55.5 Å². The van der Waals surface area contributed by atoms with Gasteiger partial charge in [0, 0.05) is 22.2 Å². The monoisotopic (exact) mass is 216 g/mol. The molecule has 14 heavy (non-hydrogen) atoms. The van der Waals surface area contributed by atoms with Crippen molar-refractivity contribution in [2.24, 2.45) is 4.36 Å². The van der Waals surface area contributed by atoms with E-state index in [1.165, 1.54) is 12.1 Å². The molecule has 0 saturated heterocycles. The predicted molar refractivity (Wildman–Crippen MR) is 56.9 cm³/mol. The molecule has 0 aliphatic heterocycles. The fourth-order valence-electron chi connectivity index (χ4n) is 0.899. The number of nitrogens with zero attached hydrogens (tertiary/aromatic N) is 1. The second-order valence-electron chi connectivity index (χ2n) is 3.32. The van der Waals surface area contributed by atoms with Crippen molar-refractivity contribution in [1.29, 1.82) is 0 Å². The Morgan fingerprint density at radius 2 is 2.14 bits per heavy atom. The summed E-state index contributed by atoms with van der Waals surface area (Å²) in [6, 6.07) is 4.46. The summed E-state index contributed by atoms with van der Waals surface area (Å²) in [7, 11) is -2.12. The van der Waals surface area contributed by atoms with Gasteiger partial charge < -0.3 is 5.73 Å². The van der Waals surface area contributed by atoms with E-state index in [0.717, 1.165) is 0 Å². The van der Waals surface area contributed by atoms with E-state index in [0.29, 0.717) is 5.56 Å². The Labute approximate surface area is 83.3 Å². The van der Waals surface area contributed by atoms with Crippen molar-refractivity contribution in [2.45, 2.75) is 6.54 Å². The zero-order valence-corrected chi connectivity index (χ0v) is 8.97. The second kappa shape index (κ2) is 3.96. The Kier molecular flexibility index (Phi) is 3.10. The minimum atomic E-state index is -2.12. The molecule has 1 aromatic rings. The molecule has 5 heteroatoms. The molecule has 0 amide bonds. The van der Waals surface area contributed by atoms with E-state index in [-0.39, 0.29) is 12.2 Å². The van der Waals surface area contributed by atoms with Crippen LogP contribution in [0.4, 0.5) is 10.1 Å². The molecule has 1 aromatic carbocycles. The van der Waals surface area contributed by atoms with Gasteiger partial charge >= 0.3 is 0 Å². The summed E-state index contributed by atoms with van der Waals surface area (Å²) in [5, 5.41) is 0. The van der Waals surface area contributed by atoms with Crippen LogP contribution in [-0.2, 0) is 16.3 Å².